The molecule has 0 radical (unpaired) electrons. The van der Waals surface area contributed by atoms with Crippen LogP contribution < -0.4 is 4.72 Å². The summed E-state index contributed by atoms with van der Waals surface area (Å²) in [4.78, 5) is 2.42. The number of benzene rings is 2. The van der Waals surface area contributed by atoms with Gasteiger partial charge in [0, 0.05) is 42.5 Å². The minimum Gasteiger partial charge on any atom is -0.379 e. The number of aromatic nitrogens is 4. The average molecular weight is 467 g/mol. The summed E-state index contributed by atoms with van der Waals surface area (Å²) in [5.41, 5.74) is 2.80. The van der Waals surface area contributed by atoms with Crippen molar-refractivity contribution in [1.29, 1.82) is 0 Å². The number of ether oxygens (including phenoxy) is 1. The molecule has 1 N–H and O–H groups in total. The molecule has 2 aromatic carbocycles. The van der Waals surface area contributed by atoms with E-state index in [1.54, 1.807) is 23.6 Å². The van der Waals surface area contributed by atoms with E-state index in [1.807, 2.05) is 37.3 Å². The van der Waals surface area contributed by atoms with Crippen molar-refractivity contribution in [3.05, 3.63) is 53.7 Å². The molecule has 33 heavy (non-hydrogen) atoms. The summed E-state index contributed by atoms with van der Waals surface area (Å²) in [6.45, 7) is 7.72. The van der Waals surface area contributed by atoms with Crippen LogP contribution >= 0.6 is 0 Å². The van der Waals surface area contributed by atoms with Crippen LogP contribution in [0.4, 0.5) is 0 Å². The van der Waals surface area contributed by atoms with Crippen molar-refractivity contribution in [3.8, 4) is 11.4 Å². The molecule has 1 saturated heterocycles. The number of hydrogen-bond acceptors (Lipinski definition) is 7. The molecule has 0 bridgehead atoms. The molecule has 0 spiro atoms. The lowest BCUT2D eigenvalue weighted by atomic mass is 10.1. The highest BCUT2D eigenvalue weighted by Gasteiger charge is 2.21. The number of aryl methyl sites for hydroxylation is 2. The predicted molar refractivity (Wildman–Crippen MR) is 126 cm³/mol. The molecule has 0 aliphatic carbocycles. The van der Waals surface area contributed by atoms with Crippen LogP contribution in [0.2, 0.25) is 0 Å². The molecule has 9 nitrogen and oxygen atoms in total. The quantitative estimate of drug-likeness (QED) is 0.465. The summed E-state index contributed by atoms with van der Waals surface area (Å²) in [7, 11) is -3.69. The van der Waals surface area contributed by atoms with Crippen molar-refractivity contribution in [3.63, 3.8) is 0 Å². The van der Waals surface area contributed by atoms with Crippen LogP contribution in [0.3, 0.4) is 0 Å². The smallest absolute Gasteiger partial charge is 0.240 e. The zero-order chi connectivity index (χ0) is 23.0. The molecule has 0 unspecified atom stereocenters. The van der Waals surface area contributed by atoms with E-state index in [0.29, 0.717) is 48.9 Å². The van der Waals surface area contributed by atoms with Gasteiger partial charge in [-0.3, -0.25) is 4.90 Å². The fourth-order valence-corrected chi connectivity index (χ4v) is 5.48. The number of rotatable bonds is 6. The van der Waals surface area contributed by atoms with Gasteiger partial charge in [-0.2, -0.15) is 9.61 Å². The highest BCUT2D eigenvalue weighted by atomic mass is 32.2. The lowest BCUT2D eigenvalue weighted by Gasteiger charge is -2.26. The molecule has 2 aromatic heterocycles. The van der Waals surface area contributed by atoms with Gasteiger partial charge in [-0.1, -0.05) is 36.4 Å². The third kappa shape index (κ3) is 4.22. The fraction of sp³-hybridized carbons (Fsp3) is 0.348. The minimum absolute atomic E-state index is 0.233. The third-order valence-corrected chi connectivity index (χ3v) is 7.61. The zero-order valence-corrected chi connectivity index (χ0v) is 19.5. The molecule has 5 rings (SSSR count). The molecule has 172 valence electrons. The van der Waals surface area contributed by atoms with Gasteiger partial charge in [0.2, 0.25) is 10.0 Å². The molecular weight excluding hydrogens is 440 g/mol. The van der Waals surface area contributed by atoms with Gasteiger partial charge < -0.3 is 4.74 Å². The van der Waals surface area contributed by atoms with Gasteiger partial charge in [0.1, 0.15) is 0 Å². The lowest BCUT2D eigenvalue weighted by molar-refractivity contribution is 0.0390. The Balaban J connectivity index is 1.47. The number of sulfonamides is 1. The van der Waals surface area contributed by atoms with Crippen LogP contribution in [-0.2, 0) is 14.8 Å². The summed E-state index contributed by atoms with van der Waals surface area (Å²) in [5.74, 6) is 0.503. The van der Waals surface area contributed by atoms with Crippen LogP contribution in [0.1, 0.15) is 11.3 Å². The Morgan fingerprint density at radius 3 is 2.58 bits per heavy atom. The lowest BCUT2D eigenvalue weighted by Crippen LogP contribution is -2.41. The van der Waals surface area contributed by atoms with Gasteiger partial charge in [-0.25, -0.2) is 13.1 Å². The molecular formula is C23H26N6O3S. The summed E-state index contributed by atoms with van der Waals surface area (Å²) < 4.78 is 36.0. The second-order valence-electron chi connectivity index (χ2n) is 8.22. The van der Waals surface area contributed by atoms with Gasteiger partial charge in [-0.05, 0) is 25.5 Å². The Labute approximate surface area is 192 Å². The summed E-state index contributed by atoms with van der Waals surface area (Å²) >= 11 is 0. The molecule has 0 atom stereocenters. The van der Waals surface area contributed by atoms with Crippen molar-refractivity contribution in [2.45, 2.75) is 18.7 Å². The SMILES string of the molecule is Cc1ccc(-c2nnc3c4ccccc4c(C)nn23)cc1S(=O)(=O)NCCN1CCOCC1. The van der Waals surface area contributed by atoms with E-state index in [9.17, 15) is 8.42 Å². The fourth-order valence-electron chi connectivity index (χ4n) is 4.19. The monoisotopic (exact) mass is 466 g/mol. The topological polar surface area (TPSA) is 102 Å². The van der Waals surface area contributed by atoms with Gasteiger partial charge in [-0.15, -0.1) is 10.2 Å². The van der Waals surface area contributed by atoms with Crippen molar-refractivity contribution in [2.75, 3.05) is 39.4 Å². The first-order valence-corrected chi connectivity index (χ1v) is 12.4. The molecule has 0 amide bonds. The average Bonchev–Trinajstić information content (AvgIpc) is 3.24. The number of hydrogen-bond donors (Lipinski definition) is 1. The van der Waals surface area contributed by atoms with Gasteiger partial charge in [0.15, 0.2) is 11.5 Å². The van der Waals surface area contributed by atoms with E-state index in [1.165, 1.54) is 0 Å². The third-order valence-electron chi connectivity index (χ3n) is 6.01. The minimum atomic E-state index is -3.69. The van der Waals surface area contributed by atoms with Crippen LogP contribution in [0.15, 0.2) is 47.4 Å². The molecule has 1 aliphatic rings. The Hall–Kier alpha value is -2.92. The van der Waals surface area contributed by atoms with Crippen LogP contribution in [0.25, 0.3) is 27.8 Å². The second kappa shape index (κ2) is 8.79. The normalized spacial score (nSPS) is 15.5. The number of nitrogens with one attached hydrogen (secondary N) is 1. The number of fused-ring (bicyclic) bond motifs is 3. The Morgan fingerprint density at radius 2 is 1.79 bits per heavy atom. The first kappa shape index (κ1) is 21.9. The van der Waals surface area contributed by atoms with Crippen molar-refractivity contribution >= 4 is 26.4 Å². The van der Waals surface area contributed by atoms with Crippen molar-refractivity contribution in [1.82, 2.24) is 29.4 Å². The first-order valence-electron chi connectivity index (χ1n) is 11.0. The molecule has 0 saturated carbocycles. The summed E-state index contributed by atoms with van der Waals surface area (Å²) in [6.07, 6.45) is 0. The second-order valence-corrected chi connectivity index (χ2v) is 9.96. The van der Waals surface area contributed by atoms with E-state index < -0.39 is 10.0 Å². The van der Waals surface area contributed by atoms with E-state index in [4.69, 9.17) is 4.74 Å². The Bertz CT molecular complexity index is 1430. The van der Waals surface area contributed by atoms with Crippen LogP contribution in [0.5, 0.6) is 0 Å². The van der Waals surface area contributed by atoms with Gasteiger partial charge in [0.05, 0.1) is 23.8 Å². The van der Waals surface area contributed by atoms with E-state index in [-0.39, 0.29) is 4.90 Å². The van der Waals surface area contributed by atoms with Gasteiger partial charge >= 0.3 is 0 Å². The largest absolute Gasteiger partial charge is 0.379 e. The predicted octanol–water partition coefficient (Wildman–Crippen LogP) is 2.17. The van der Waals surface area contributed by atoms with Crippen molar-refractivity contribution < 1.29 is 13.2 Å². The highest BCUT2D eigenvalue weighted by Crippen LogP contribution is 2.27. The van der Waals surface area contributed by atoms with E-state index in [0.717, 1.165) is 29.6 Å². The molecule has 3 heterocycles. The molecule has 1 fully saturated rings. The molecule has 1 aliphatic heterocycles. The van der Waals surface area contributed by atoms with Crippen LogP contribution in [0, 0.1) is 13.8 Å². The maximum atomic E-state index is 13.1. The number of morpholine rings is 1. The Morgan fingerprint density at radius 1 is 1.03 bits per heavy atom. The van der Waals surface area contributed by atoms with Crippen molar-refractivity contribution in [2.24, 2.45) is 0 Å². The summed E-state index contributed by atoms with van der Waals surface area (Å²) in [6, 6.07) is 13.2. The molecule has 10 heteroatoms. The van der Waals surface area contributed by atoms with E-state index in [2.05, 4.69) is 24.9 Å². The van der Waals surface area contributed by atoms with Crippen LogP contribution in [-0.4, -0.2) is 72.5 Å². The summed E-state index contributed by atoms with van der Waals surface area (Å²) in [5, 5.41) is 15.3. The molecule has 4 aromatic rings. The van der Waals surface area contributed by atoms with Gasteiger partial charge in [0.25, 0.3) is 0 Å². The maximum Gasteiger partial charge on any atom is 0.240 e. The van der Waals surface area contributed by atoms with E-state index >= 15 is 0 Å². The Kier molecular flexibility index (Phi) is 5.83. The first-order chi connectivity index (χ1) is 15.9. The highest BCUT2D eigenvalue weighted by molar-refractivity contribution is 7.89. The number of nitrogens with zero attached hydrogens (tertiary/aromatic N) is 5. The zero-order valence-electron chi connectivity index (χ0n) is 18.7. The standard InChI is InChI=1S/C23H26N6O3S/c1-16-7-8-18(15-21(16)33(30,31)24-9-10-28-11-13-32-14-12-28)22-25-26-23-20-6-4-3-5-19(20)17(2)27-29(22)23/h3-8,15,24H,9-14H2,1-2H3. The maximum absolute atomic E-state index is 13.1.